The van der Waals surface area contributed by atoms with Crippen molar-refractivity contribution in [2.45, 2.75) is 13.1 Å². The molecule has 7 heteroatoms. The first-order valence-electron chi connectivity index (χ1n) is 5.56. The number of halogens is 3. The van der Waals surface area contributed by atoms with Gasteiger partial charge in [-0.15, -0.1) is 0 Å². The molecule has 19 heavy (non-hydrogen) atoms. The number of benzene rings is 1. The van der Waals surface area contributed by atoms with Gasteiger partial charge < -0.3 is 15.4 Å². The van der Waals surface area contributed by atoms with Crippen LogP contribution in [0.15, 0.2) is 18.2 Å². The van der Waals surface area contributed by atoms with Crippen molar-refractivity contribution in [1.82, 2.24) is 5.32 Å². The van der Waals surface area contributed by atoms with E-state index in [1.807, 2.05) is 0 Å². The molecule has 0 amide bonds. The van der Waals surface area contributed by atoms with Crippen LogP contribution in [0.2, 0.25) is 0 Å². The van der Waals surface area contributed by atoms with Crippen LogP contribution in [-0.2, 0) is 10.9 Å². The Labute approximate surface area is 115 Å². The summed E-state index contributed by atoms with van der Waals surface area (Å²) in [5, 5.41) is 5.84. The summed E-state index contributed by atoms with van der Waals surface area (Å²) in [5.41, 5.74) is 0.314. The Bertz CT molecular complexity index is 449. The fourth-order valence-corrected chi connectivity index (χ4v) is 1.58. The van der Waals surface area contributed by atoms with Crippen molar-refractivity contribution in [3.05, 3.63) is 29.3 Å². The zero-order valence-corrected chi connectivity index (χ0v) is 11.4. The van der Waals surface area contributed by atoms with E-state index >= 15 is 0 Å². The van der Waals surface area contributed by atoms with Crippen LogP contribution >= 0.6 is 12.2 Å². The summed E-state index contributed by atoms with van der Waals surface area (Å²) < 4.78 is 42.6. The Kier molecular flexibility index (Phi) is 5.56. The van der Waals surface area contributed by atoms with Gasteiger partial charge in [0, 0.05) is 19.3 Å². The van der Waals surface area contributed by atoms with Gasteiger partial charge in [0.1, 0.15) is 0 Å². The molecule has 0 radical (unpaired) electrons. The lowest BCUT2D eigenvalue weighted by atomic mass is 10.1. The van der Waals surface area contributed by atoms with Gasteiger partial charge in [-0.1, -0.05) is 6.07 Å². The molecule has 0 saturated carbocycles. The van der Waals surface area contributed by atoms with Crippen LogP contribution in [0.3, 0.4) is 0 Å². The first kappa shape index (κ1) is 15.7. The summed E-state index contributed by atoms with van der Waals surface area (Å²) in [7, 11) is 1.55. The summed E-state index contributed by atoms with van der Waals surface area (Å²) in [6.45, 7) is 2.66. The molecule has 1 rings (SSSR count). The Morgan fingerprint density at radius 2 is 2.05 bits per heavy atom. The number of hydrogen-bond donors (Lipinski definition) is 2. The summed E-state index contributed by atoms with van der Waals surface area (Å²) in [4.78, 5) is 0. The van der Waals surface area contributed by atoms with Crippen LogP contribution in [0.1, 0.15) is 11.1 Å². The molecular formula is C12H15F3N2OS. The number of aryl methyl sites for hydroxylation is 1. The minimum atomic E-state index is -4.37. The molecule has 0 fully saturated rings. The molecule has 0 saturated heterocycles. The molecule has 1 aromatic rings. The maximum Gasteiger partial charge on any atom is 0.416 e. The molecule has 0 aliphatic rings. The maximum atomic E-state index is 12.6. The van der Waals surface area contributed by atoms with Gasteiger partial charge >= 0.3 is 6.18 Å². The lowest BCUT2D eigenvalue weighted by Crippen LogP contribution is -2.31. The smallest absolute Gasteiger partial charge is 0.383 e. The monoisotopic (exact) mass is 292 g/mol. The Morgan fingerprint density at radius 3 is 2.63 bits per heavy atom. The van der Waals surface area contributed by atoms with Gasteiger partial charge in [-0.25, -0.2) is 0 Å². The fourth-order valence-electron chi connectivity index (χ4n) is 1.37. The molecule has 0 aliphatic carbocycles. The van der Waals surface area contributed by atoms with E-state index in [1.165, 1.54) is 6.07 Å². The van der Waals surface area contributed by atoms with Crippen LogP contribution in [0.25, 0.3) is 0 Å². The van der Waals surface area contributed by atoms with Crippen molar-refractivity contribution < 1.29 is 17.9 Å². The van der Waals surface area contributed by atoms with E-state index in [9.17, 15) is 13.2 Å². The van der Waals surface area contributed by atoms with E-state index in [-0.39, 0.29) is 5.11 Å². The van der Waals surface area contributed by atoms with E-state index in [4.69, 9.17) is 17.0 Å². The third-order valence-corrected chi connectivity index (χ3v) is 2.65. The number of hydrogen-bond acceptors (Lipinski definition) is 2. The van der Waals surface area contributed by atoms with Crippen molar-refractivity contribution in [2.24, 2.45) is 0 Å². The number of thiocarbonyl (C=S) groups is 1. The number of anilines is 1. The molecule has 106 valence electrons. The van der Waals surface area contributed by atoms with Gasteiger partial charge in [0.05, 0.1) is 12.2 Å². The highest BCUT2D eigenvalue weighted by Gasteiger charge is 2.30. The summed E-state index contributed by atoms with van der Waals surface area (Å²) >= 11 is 4.99. The van der Waals surface area contributed by atoms with Crippen LogP contribution in [0.5, 0.6) is 0 Å². The molecule has 0 aromatic heterocycles. The fraction of sp³-hybridized carbons (Fsp3) is 0.417. The highest BCUT2D eigenvalue weighted by molar-refractivity contribution is 7.80. The standard InChI is InChI=1S/C12H15F3N2OS/c1-8-3-4-9(12(13,14)15)7-10(8)17-11(19)16-5-6-18-2/h3-4,7H,5-6H2,1-2H3,(H2,16,17,19). The summed E-state index contributed by atoms with van der Waals surface area (Å²) in [6, 6.07) is 3.49. The van der Waals surface area contributed by atoms with Gasteiger partial charge in [-0.05, 0) is 36.8 Å². The largest absolute Gasteiger partial charge is 0.416 e. The second kappa shape index (κ2) is 6.72. The van der Waals surface area contributed by atoms with Crippen LogP contribution in [0, 0.1) is 6.92 Å². The van der Waals surface area contributed by atoms with Gasteiger partial charge in [0.25, 0.3) is 0 Å². The zero-order chi connectivity index (χ0) is 14.5. The molecular weight excluding hydrogens is 277 g/mol. The second-order valence-electron chi connectivity index (χ2n) is 3.90. The first-order valence-corrected chi connectivity index (χ1v) is 5.97. The number of methoxy groups -OCH3 is 1. The second-order valence-corrected chi connectivity index (χ2v) is 4.31. The van der Waals surface area contributed by atoms with E-state index in [0.717, 1.165) is 12.1 Å². The molecule has 0 atom stereocenters. The van der Waals surface area contributed by atoms with Gasteiger partial charge in [-0.3, -0.25) is 0 Å². The first-order chi connectivity index (χ1) is 8.84. The molecule has 0 spiro atoms. The van der Waals surface area contributed by atoms with Crippen LogP contribution < -0.4 is 10.6 Å². The molecule has 0 bridgehead atoms. The molecule has 2 N–H and O–H groups in total. The molecule has 0 aliphatic heterocycles. The normalized spacial score (nSPS) is 11.2. The lowest BCUT2D eigenvalue weighted by molar-refractivity contribution is -0.137. The number of ether oxygens (including phenoxy) is 1. The van der Waals surface area contributed by atoms with Crippen LogP contribution in [0.4, 0.5) is 18.9 Å². The van der Waals surface area contributed by atoms with E-state index in [2.05, 4.69) is 10.6 Å². The quantitative estimate of drug-likeness (QED) is 0.660. The maximum absolute atomic E-state index is 12.6. The van der Waals surface area contributed by atoms with Gasteiger partial charge in [-0.2, -0.15) is 13.2 Å². The average molecular weight is 292 g/mol. The third kappa shape index (κ3) is 5.04. The SMILES string of the molecule is COCCNC(=S)Nc1cc(C(F)(F)F)ccc1C. The van der Waals surface area contributed by atoms with Crippen molar-refractivity contribution in [1.29, 1.82) is 0 Å². The van der Waals surface area contributed by atoms with Crippen molar-refractivity contribution in [3.8, 4) is 0 Å². The molecule has 1 aromatic carbocycles. The predicted octanol–water partition coefficient (Wildman–Crippen LogP) is 2.95. The highest BCUT2D eigenvalue weighted by Crippen LogP contribution is 2.31. The lowest BCUT2D eigenvalue weighted by Gasteiger charge is -2.14. The molecule has 0 unspecified atom stereocenters. The van der Waals surface area contributed by atoms with E-state index in [0.29, 0.717) is 24.4 Å². The van der Waals surface area contributed by atoms with Crippen LogP contribution in [-0.4, -0.2) is 25.4 Å². The van der Waals surface area contributed by atoms with Crippen molar-refractivity contribution in [2.75, 3.05) is 25.6 Å². The minimum absolute atomic E-state index is 0.263. The third-order valence-electron chi connectivity index (χ3n) is 2.40. The zero-order valence-electron chi connectivity index (χ0n) is 10.6. The average Bonchev–Trinajstić information content (AvgIpc) is 2.31. The Morgan fingerprint density at radius 1 is 1.37 bits per heavy atom. The topological polar surface area (TPSA) is 33.3 Å². The number of nitrogens with one attached hydrogen (secondary N) is 2. The minimum Gasteiger partial charge on any atom is -0.383 e. The van der Waals surface area contributed by atoms with Crippen molar-refractivity contribution in [3.63, 3.8) is 0 Å². The Hall–Kier alpha value is -1.34. The van der Waals surface area contributed by atoms with Crippen molar-refractivity contribution >= 4 is 23.0 Å². The molecule has 0 heterocycles. The Balaban J connectivity index is 2.74. The summed E-state index contributed by atoms with van der Waals surface area (Å²) in [5.74, 6) is 0. The predicted molar refractivity (Wildman–Crippen MR) is 72.3 cm³/mol. The van der Waals surface area contributed by atoms with Gasteiger partial charge in [0.15, 0.2) is 5.11 Å². The number of rotatable bonds is 4. The summed E-state index contributed by atoms with van der Waals surface area (Å²) in [6.07, 6.45) is -4.37. The van der Waals surface area contributed by atoms with Gasteiger partial charge in [0.2, 0.25) is 0 Å². The van der Waals surface area contributed by atoms with E-state index < -0.39 is 11.7 Å². The number of alkyl halides is 3. The van der Waals surface area contributed by atoms with E-state index in [1.54, 1.807) is 14.0 Å². The molecule has 3 nitrogen and oxygen atoms in total. The highest BCUT2D eigenvalue weighted by atomic mass is 32.1.